The van der Waals surface area contributed by atoms with Gasteiger partial charge < -0.3 is 30.5 Å². The predicted molar refractivity (Wildman–Crippen MR) is 164 cm³/mol. The Balaban J connectivity index is 1.41. The van der Waals surface area contributed by atoms with Crippen molar-refractivity contribution in [2.75, 3.05) is 32.6 Å². The number of carboxylic acid groups (broad SMARTS) is 1. The van der Waals surface area contributed by atoms with Crippen molar-refractivity contribution in [1.29, 1.82) is 0 Å². The first-order chi connectivity index (χ1) is 21.3. The fourth-order valence-corrected chi connectivity index (χ4v) is 4.94. The normalized spacial score (nSPS) is 11.8. The van der Waals surface area contributed by atoms with Crippen LogP contribution in [0.3, 0.4) is 0 Å². The molecule has 0 unspecified atom stereocenters. The summed E-state index contributed by atoms with van der Waals surface area (Å²) < 4.78 is 26.1. The molecule has 1 aliphatic rings. The van der Waals surface area contributed by atoms with Crippen molar-refractivity contribution in [3.05, 3.63) is 93.9 Å². The largest absolute Gasteiger partial charge is 0.496 e. The van der Waals surface area contributed by atoms with Gasteiger partial charge in [-0.3, -0.25) is 9.79 Å². The van der Waals surface area contributed by atoms with E-state index in [1.54, 1.807) is 48.7 Å². The van der Waals surface area contributed by atoms with E-state index in [2.05, 4.69) is 20.9 Å². The van der Waals surface area contributed by atoms with Crippen molar-refractivity contribution in [2.45, 2.75) is 13.0 Å². The number of amides is 2. The van der Waals surface area contributed by atoms with Gasteiger partial charge in [-0.15, -0.1) is 0 Å². The van der Waals surface area contributed by atoms with Crippen LogP contribution in [0, 0.1) is 5.82 Å². The number of halogens is 2. The third kappa shape index (κ3) is 6.55. The molecule has 0 spiro atoms. The molecule has 0 aliphatic carbocycles. The van der Waals surface area contributed by atoms with Crippen LogP contribution in [0.25, 0.3) is 11.3 Å². The second-order valence-electron chi connectivity index (χ2n) is 9.62. The number of nitrogens with one attached hydrogen (secondary N) is 3. The van der Waals surface area contributed by atoms with E-state index in [0.717, 1.165) is 5.56 Å². The summed E-state index contributed by atoms with van der Waals surface area (Å²) in [4.78, 5) is 37.2. The van der Waals surface area contributed by atoms with E-state index >= 15 is 4.39 Å². The molecule has 0 saturated heterocycles. The molecule has 0 fully saturated rings. The Hall–Kier alpha value is -5.23. The minimum atomic E-state index is -1.12. The molecule has 1 aromatic heterocycles. The topological polar surface area (TPSA) is 147 Å². The van der Waals surface area contributed by atoms with Gasteiger partial charge >= 0.3 is 6.09 Å². The van der Waals surface area contributed by atoms with E-state index in [1.165, 1.54) is 20.3 Å². The van der Waals surface area contributed by atoms with Gasteiger partial charge in [0.1, 0.15) is 17.3 Å². The Bertz CT molecular complexity index is 1770. The molecule has 226 valence electrons. The quantitative estimate of drug-likeness (QED) is 0.172. The highest BCUT2D eigenvalue weighted by Gasteiger charge is 2.25. The molecule has 2 amide bonds. The predicted octanol–water partition coefficient (Wildman–Crippen LogP) is 5.44. The Morgan fingerprint density at radius 2 is 1.80 bits per heavy atom. The van der Waals surface area contributed by atoms with Crippen LogP contribution < -0.4 is 25.4 Å². The molecule has 5 rings (SSSR count). The minimum absolute atomic E-state index is 0.193. The van der Waals surface area contributed by atoms with E-state index < -0.39 is 11.9 Å². The molecule has 3 aromatic carbocycles. The molecule has 1 aliphatic heterocycles. The van der Waals surface area contributed by atoms with E-state index in [4.69, 9.17) is 36.2 Å². The summed E-state index contributed by atoms with van der Waals surface area (Å²) in [6, 6.07) is 14.8. The number of anilines is 2. The molecule has 2 heterocycles. The lowest BCUT2D eigenvalue weighted by atomic mass is 9.94. The molecular formula is C31H28ClFN6O5. The Morgan fingerprint density at radius 1 is 1.00 bits per heavy atom. The first kappa shape index (κ1) is 30.2. The lowest BCUT2D eigenvalue weighted by Gasteiger charge is -2.15. The molecule has 11 nitrogen and oxygen atoms in total. The standard InChI is InChI=1S/C31H28ClFN6O5/c1-43-24-6-3-5-23(33)26(24)28-22-13-18(32)7-9-20(22)27-17(15-36-28)16-37-30(39-27)38-19-8-10-21(25(14-19)44-2)29(40)34-11-4-12-35-31(41)42/h3,5-10,13-14,16,35H,4,11-12,15H2,1-2H3,(H,34,40)(H,41,42)(H,37,38,39). The third-order valence-electron chi connectivity index (χ3n) is 6.81. The molecule has 0 radical (unpaired) electrons. The van der Waals surface area contributed by atoms with Gasteiger partial charge in [0.2, 0.25) is 5.95 Å². The average Bonchev–Trinajstić information content (AvgIpc) is 3.16. The summed E-state index contributed by atoms with van der Waals surface area (Å²) >= 11 is 6.39. The maximum atomic E-state index is 15.2. The van der Waals surface area contributed by atoms with Gasteiger partial charge in [0.15, 0.2) is 0 Å². The van der Waals surface area contributed by atoms with Crippen molar-refractivity contribution < 1.29 is 28.6 Å². The summed E-state index contributed by atoms with van der Waals surface area (Å²) in [5.74, 6) is 0.108. The number of carbonyl (C=O) groups excluding carboxylic acids is 1. The smallest absolute Gasteiger partial charge is 0.404 e. The van der Waals surface area contributed by atoms with Gasteiger partial charge in [0.25, 0.3) is 5.91 Å². The lowest BCUT2D eigenvalue weighted by Crippen LogP contribution is -2.29. The number of carbonyl (C=O) groups is 2. The average molecular weight is 619 g/mol. The van der Waals surface area contributed by atoms with Gasteiger partial charge in [0.05, 0.1) is 43.3 Å². The number of fused-ring (bicyclic) bond motifs is 3. The monoisotopic (exact) mass is 618 g/mol. The zero-order valence-electron chi connectivity index (χ0n) is 23.8. The number of methoxy groups -OCH3 is 2. The molecule has 0 atom stereocenters. The van der Waals surface area contributed by atoms with Crippen molar-refractivity contribution in [3.8, 4) is 22.8 Å². The van der Waals surface area contributed by atoms with Crippen LogP contribution in [0.5, 0.6) is 11.5 Å². The summed E-state index contributed by atoms with van der Waals surface area (Å²) in [6.45, 7) is 0.699. The van der Waals surface area contributed by atoms with E-state index in [1.807, 2.05) is 6.07 Å². The number of hydrogen-bond acceptors (Lipinski definition) is 8. The minimum Gasteiger partial charge on any atom is -0.496 e. The molecule has 0 saturated carbocycles. The second-order valence-corrected chi connectivity index (χ2v) is 10.1. The third-order valence-corrected chi connectivity index (χ3v) is 7.05. The zero-order valence-corrected chi connectivity index (χ0v) is 24.5. The highest BCUT2D eigenvalue weighted by atomic mass is 35.5. The van der Waals surface area contributed by atoms with Crippen molar-refractivity contribution in [2.24, 2.45) is 4.99 Å². The fraction of sp³-hybridized carbons (Fsp3) is 0.194. The van der Waals surface area contributed by atoms with Crippen molar-refractivity contribution in [3.63, 3.8) is 0 Å². The molecule has 4 aromatic rings. The van der Waals surface area contributed by atoms with Crippen LogP contribution >= 0.6 is 11.6 Å². The van der Waals surface area contributed by atoms with Crippen LogP contribution in [0.4, 0.5) is 20.8 Å². The first-order valence-electron chi connectivity index (χ1n) is 13.5. The van der Waals surface area contributed by atoms with Crippen molar-refractivity contribution in [1.82, 2.24) is 20.6 Å². The van der Waals surface area contributed by atoms with Crippen LogP contribution in [-0.2, 0) is 6.54 Å². The van der Waals surface area contributed by atoms with E-state index in [9.17, 15) is 9.59 Å². The molecule has 13 heteroatoms. The van der Waals surface area contributed by atoms with Crippen LogP contribution in [0.1, 0.15) is 33.5 Å². The molecule has 4 N–H and O–H groups in total. The maximum Gasteiger partial charge on any atom is 0.404 e. The Kier molecular flexibility index (Phi) is 9.20. The first-order valence-corrected chi connectivity index (χ1v) is 13.9. The van der Waals surface area contributed by atoms with Gasteiger partial charge in [-0.2, -0.15) is 0 Å². The van der Waals surface area contributed by atoms with Gasteiger partial charge in [-0.1, -0.05) is 23.7 Å². The second kappa shape index (κ2) is 13.4. The van der Waals surface area contributed by atoms with Crippen LogP contribution in [0.2, 0.25) is 5.02 Å². The Labute approximate surface area is 257 Å². The molecular weight excluding hydrogens is 591 g/mol. The number of rotatable bonds is 10. The lowest BCUT2D eigenvalue weighted by molar-refractivity contribution is 0.0950. The molecule has 0 bridgehead atoms. The van der Waals surface area contributed by atoms with Crippen LogP contribution in [-0.4, -0.2) is 60.1 Å². The Morgan fingerprint density at radius 3 is 2.57 bits per heavy atom. The van der Waals surface area contributed by atoms with Gasteiger partial charge in [0, 0.05) is 52.8 Å². The number of benzene rings is 3. The van der Waals surface area contributed by atoms with E-state index in [0.29, 0.717) is 56.7 Å². The SMILES string of the molecule is COc1cc(Nc2ncc3c(n2)-c2ccc(Cl)cc2C(c2c(F)cccc2OC)=NC3)ccc1C(=O)NCCCNC(=O)O. The number of ether oxygens (including phenoxy) is 2. The summed E-state index contributed by atoms with van der Waals surface area (Å²) in [5, 5.41) is 17.3. The van der Waals surface area contributed by atoms with Gasteiger partial charge in [-0.25, -0.2) is 19.2 Å². The van der Waals surface area contributed by atoms with Crippen molar-refractivity contribution >= 4 is 40.9 Å². The maximum absolute atomic E-state index is 15.2. The molecule has 44 heavy (non-hydrogen) atoms. The van der Waals surface area contributed by atoms with E-state index in [-0.39, 0.29) is 37.1 Å². The summed E-state index contributed by atoms with van der Waals surface area (Å²) in [6.07, 6.45) is 0.979. The highest BCUT2D eigenvalue weighted by Crippen LogP contribution is 2.36. The summed E-state index contributed by atoms with van der Waals surface area (Å²) in [5.41, 5.74) is 4.12. The zero-order chi connectivity index (χ0) is 31.2. The number of aromatic nitrogens is 2. The number of hydrogen-bond donors (Lipinski definition) is 4. The number of aliphatic imine (C=N–C) groups is 1. The highest BCUT2D eigenvalue weighted by molar-refractivity contribution is 6.31. The number of nitrogens with zero attached hydrogens (tertiary/aromatic N) is 3. The van der Waals surface area contributed by atoms with Gasteiger partial charge in [-0.05, 0) is 42.8 Å². The van der Waals surface area contributed by atoms with Crippen LogP contribution in [0.15, 0.2) is 65.8 Å². The fourth-order valence-electron chi connectivity index (χ4n) is 4.77. The summed E-state index contributed by atoms with van der Waals surface area (Å²) in [7, 11) is 2.93.